The molecule has 0 saturated heterocycles. The summed E-state index contributed by atoms with van der Waals surface area (Å²) < 4.78 is 6.63. The van der Waals surface area contributed by atoms with Crippen molar-refractivity contribution in [3.05, 3.63) is 51.1 Å². The number of ether oxygens (including phenoxy) is 1. The van der Waals surface area contributed by atoms with Gasteiger partial charge in [-0.15, -0.1) is 5.10 Å². The number of hydrogen-bond acceptors (Lipinski definition) is 7. The largest absolute Gasteiger partial charge is 0.465 e. The van der Waals surface area contributed by atoms with E-state index in [1.165, 1.54) is 4.68 Å². The Morgan fingerprint density at radius 2 is 2.03 bits per heavy atom. The molecule has 1 saturated carbocycles. The molecule has 0 radical (unpaired) electrons. The number of hydrogen-bond donors (Lipinski definition) is 1. The van der Waals surface area contributed by atoms with Gasteiger partial charge in [0.25, 0.3) is 5.56 Å². The topological polar surface area (TPSA) is 106 Å². The van der Waals surface area contributed by atoms with Crippen molar-refractivity contribution in [1.29, 1.82) is 0 Å². The maximum absolute atomic E-state index is 13.1. The van der Waals surface area contributed by atoms with Gasteiger partial charge >= 0.3 is 5.97 Å². The maximum Gasteiger partial charge on any atom is 0.327 e. The highest BCUT2D eigenvalue weighted by Crippen LogP contribution is 2.33. The molecule has 0 spiro atoms. The van der Waals surface area contributed by atoms with E-state index < -0.39 is 0 Å². The molecule has 4 rings (SSSR count). The zero-order chi connectivity index (χ0) is 24.2. The van der Waals surface area contributed by atoms with Gasteiger partial charge in [0.15, 0.2) is 5.82 Å². The summed E-state index contributed by atoms with van der Waals surface area (Å²) in [6.45, 7) is 8.73. The van der Waals surface area contributed by atoms with Crippen molar-refractivity contribution in [2.45, 2.75) is 85.0 Å². The second-order valence-corrected chi connectivity index (χ2v) is 9.13. The van der Waals surface area contributed by atoms with Crippen LogP contribution in [0.3, 0.4) is 0 Å². The van der Waals surface area contributed by atoms with Crippen LogP contribution in [-0.2, 0) is 22.6 Å². The lowest BCUT2D eigenvalue weighted by atomic mass is 10.0. The predicted molar refractivity (Wildman–Crippen MR) is 129 cm³/mol. The number of fused-ring (bicyclic) bond motifs is 1. The molecule has 1 aliphatic carbocycles. The van der Waals surface area contributed by atoms with E-state index >= 15 is 0 Å². The summed E-state index contributed by atoms with van der Waals surface area (Å²) in [5, 5.41) is 13.2. The molecule has 0 unspecified atom stereocenters. The first kappa shape index (κ1) is 24.1. The monoisotopic (exact) mass is 466 g/mol. The van der Waals surface area contributed by atoms with Crippen LogP contribution >= 0.6 is 0 Å². The Kier molecular flexibility index (Phi) is 7.41. The number of esters is 1. The molecule has 2 heterocycles. The average Bonchev–Trinajstić information content (AvgIpc) is 3.50. The molecule has 9 heteroatoms. The van der Waals surface area contributed by atoms with Gasteiger partial charge in [0.2, 0.25) is 0 Å². The van der Waals surface area contributed by atoms with Crippen LogP contribution in [0.5, 0.6) is 0 Å². The van der Waals surface area contributed by atoms with Crippen LogP contribution in [0.1, 0.15) is 74.5 Å². The Morgan fingerprint density at radius 3 is 2.74 bits per heavy atom. The van der Waals surface area contributed by atoms with Crippen LogP contribution < -0.4 is 5.56 Å². The quantitative estimate of drug-likeness (QED) is 0.480. The Balaban J connectivity index is 1.70. The summed E-state index contributed by atoms with van der Waals surface area (Å²) in [6.07, 6.45) is 5.22. The minimum absolute atomic E-state index is 0.0274. The van der Waals surface area contributed by atoms with Crippen LogP contribution in [0.2, 0.25) is 0 Å². The number of aryl methyl sites for hydroxylation is 2. The van der Waals surface area contributed by atoms with Gasteiger partial charge in [0.05, 0.1) is 18.2 Å². The third-order valence-electron chi connectivity index (χ3n) is 7.00. The van der Waals surface area contributed by atoms with E-state index in [2.05, 4.69) is 51.4 Å². The average molecular weight is 467 g/mol. The van der Waals surface area contributed by atoms with E-state index in [1.54, 1.807) is 6.92 Å². The second kappa shape index (κ2) is 10.5. The van der Waals surface area contributed by atoms with Crippen LogP contribution in [0, 0.1) is 13.8 Å². The van der Waals surface area contributed by atoms with E-state index in [4.69, 9.17) is 4.74 Å². The number of carbonyl (C=O) groups is 1. The number of rotatable bonds is 9. The first-order chi connectivity index (χ1) is 16.4. The number of carbonyl (C=O) groups excluding carboxylic acids is 1. The van der Waals surface area contributed by atoms with Gasteiger partial charge in [0, 0.05) is 18.2 Å². The lowest BCUT2D eigenvalue weighted by Gasteiger charge is -2.35. The van der Waals surface area contributed by atoms with Crippen LogP contribution in [0.15, 0.2) is 23.0 Å². The summed E-state index contributed by atoms with van der Waals surface area (Å²) in [4.78, 5) is 30.7. The smallest absolute Gasteiger partial charge is 0.327 e. The fourth-order valence-electron chi connectivity index (χ4n) is 5.07. The molecule has 1 aliphatic rings. The molecule has 1 N–H and O–H groups in total. The van der Waals surface area contributed by atoms with Crippen molar-refractivity contribution in [2.24, 2.45) is 0 Å². The molecule has 34 heavy (non-hydrogen) atoms. The molecule has 182 valence electrons. The highest BCUT2D eigenvalue weighted by Gasteiger charge is 2.33. The van der Waals surface area contributed by atoms with Gasteiger partial charge in [0.1, 0.15) is 6.54 Å². The molecule has 3 aromatic rings. The molecule has 1 aromatic carbocycles. The fraction of sp³-hybridized carbons (Fsp3) is 0.560. The first-order valence-corrected chi connectivity index (χ1v) is 12.2. The Labute approximate surface area is 199 Å². The number of aromatic nitrogens is 5. The molecule has 9 nitrogen and oxygen atoms in total. The fourth-order valence-corrected chi connectivity index (χ4v) is 5.07. The number of tetrazole rings is 1. The number of H-pyrrole nitrogens is 1. The minimum Gasteiger partial charge on any atom is -0.465 e. The summed E-state index contributed by atoms with van der Waals surface area (Å²) in [7, 11) is 0. The Hall–Kier alpha value is -3.07. The van der Waals surface area contributed by atoms with Crippen molar-refractivity contribution in [3.63, 3.8) is 0 Å². The van der Waals surface area contributed by atoms with Gasteiger partial charge < -0.3 is 9.72 Å². The number of nitrogens with one attached hydrogen (secondary N) is 1. The normalized spacial score (nSPS) is 15.3. The third-order valence-corrected chi connectivity index (χ3v) is 7.00. The van der Waals surface area contributed by atoms with Crippen LogP contribution in [0.25, 0.3) is 10.9 Å². The van der Waals surface area contributed by atoms with Gasteiger partial charge in [-0.2, -0.15) is 0 Å². The molecule has 2 aromatic heterocycles. The minimum atomic E-state index is -0.366. The second-order valence-electron chi connectivity index (χ2n) is 9.13. The van der Waals surface area contributed by atoms with E-state index in [0.29, 0.717) is 25.0 Å². The van der Waals surface area contributed by atoms with E-state index in [1.807, 2.05) is 13.0 Å². The number of pyridine rings is 1. The van der Waals surface area contributed by atoms with Crippen molar-refractivity contribution < 1.29 is 9.53 Å². The van der Waals surface area contributed by atoms with Gasteiger partial charge in [-0.3, -0.25) is 14.5 Å². The van der Waals surface area contributed by atoms with E-state index in [0.717, 1.165) is 59.7 Å². The number of nitrogens with zero attached hydrogens (tertiary/aromatic N) is 5. The summed E-state index contributed by atoms with van der Waals surface area (Å²) >= 11 is 0. The highest BCUT2D eigenvalue weighted by molar-refractivity contribution is 5.83. The van der Waals surface area contributed by atoms with Crippen molar-refractivity contribution in [1.82, 2.24) is 30.1 Å². The van der Waals surface area contributed by atoms with Gasteiger partial charge in [-0.05, 0) is 73.0 Å². The summed E-state index contributed by atoms with van der Waals surface area (Å²) in [5.74, 6) is 0.265. The molecule has 1 fully saturated rings. The van der Waals surface area contributed by atoms with Crippen molar-refractivity contribution >= 4 is 16.9 Å². The summed E-state index contributed by atoms with van der Waals surface area (Å²) in [5.41, 5.74) is 3.81. The standard InChI is InChI=1S/C25H34N6O3/c1-5-21(24-27-28-29-31(24)15-22(32)34-6-2)30(20-9-7-8-10-20)14-19-13-18-12-11-16(3)17(4)23(18)26-25(19)33/h11-13,20-21H,5-10,14-15H2,1-4H3,(H,26,33)/t21-/m0/s1. The van der Waals surface area contributed by atoms with Crippen molar-refractivity contribution in [2.75, 3.05) is 6.61 Å². The number of aromatic amines is 1. The molecular formula is C25H34N6O3. The summed E-state index contributed by atoms with van der Waals surface area (Å²) in [6, 6.07) is 6.37. The van der Waals surface area contributed by atoms with E-state index in [-0.39, 0.29) is 24.1 Å². The highest BCUT2D eigenvalue weighted by atomic mass is 16.5. The van der Waals surface area contributed by atoms with E-state index in [9.17, 15) is 9.59 Å². The maximum atomic E-state index is 13.1. The molecule has 0 amide bonds. The van der Waals surface area contributed by atoms with Gasteiger partial charge in [-0.1, -0.05) is 31.9 Å². The van der Waals surface area contributed by atoms with Crippen molar-refractivity contribution in [3.8, 4) is 0 Å². The van der Waals surface area contributed by atoms with Crippen LogP contribution in [0.4, 0.5) is 0 Å². The lowest BCUT2D eigenvalue weighted by molar-refractivity contribution is -0.144. The zero-order valence-electron chi connectivity index (χ0n) is 20.5. The Morgan fingerprint density at radius 1 is 1.26 bits per heavy atom. The number of benzene rings is 1. The Bertz CT molecular complexity index is 1210. The van der Waals surface area contributed by atoms with Crippen LogP contribution in [-0.4, -0.2) is 48.7 Å². The molecule has 0 bridgehead atoms. The first-order valence-electron chi connectivity index (χ1n) is 12.2. The lowest BCUT2D eigenvalue weighted by Crippen LogP contribution is -2.39. The molecular weight excluding hydrogens is 432 g/mol. The molecule has 0 aliphatic heterocycles. The molecule has 1 atom stereocenters. The zero-order valence-corrected chi connectivity index (χ0v) is 20.5. The predicted octanol–water partition coefficient (Wildman–Crippen LogP) is 3.59. The third kappa shape index (κ3) is 4.89. The van der Waals surface area contributed by atoms with Gasteiger partial charge in [-0.25, -0.2) is 4.68 Å². The SMILES string of the molecule is CCOC(=O)Cn1nnnc1[C@H](CC)N(Cc1cc2ccc(C)c(C)c2[nH]c1=O)C1CCCC1.